The average molecular weight is 451 g/mol. The Hall–Kier alpha value is -1.22. The summed E-state index contributed by atoms with van der Waals surface area (Å²) in [5, 5.41) is 13.7. The molecule has 0 bridgehead atoms. The summed E-state index contributed by atoms with van der Waals surface area (Å²) < 4.78 is 15.1. The summed E-state index contributed by atoms with van der Waals surface area (Å²) in [6.45, 7) is 0.305. The highest BCUT2D eigenvalue weighted by Gasteiger charge is 2.09. The van der Waals surface area contributed by atoms with Gasteiger partial charge >= 0.3 is 0 Å². The topological polar surface area (TPSA) is 55.2 Å². The molecule has 0 heterocycles. The molecule has 0 fully saturated rings. The molecule has 2 aromatic carbocycles. The van der Waals surface area contributed by atoms with Crippen molar-refractivity contribution in [3.05, 3.63) is 65.9 Å². The van der Waals surface area contributed by atoms with E-state index in [9.17, 15) is 14.5 Å². The molecule has 0 saturated heterocycles. The second-order valence-electron chi connectivity index (χ2n) is 4.01. The van der Waals surface area contributed by atoms with Gasteiger partial charge in [-0.2, -0.15) is 0 Å². The first-order chi connectivity index (χ1) is 9.47. The van der Waals surface area contributed by atoms with E-state index in [1.54, 1.807) is 18.2 Å². The molecule has 1 N–H and O–H groups in total. The summed E-state index contributed by atoms with van der Waals surface area (Å²) >= 11 is 5.30. The fraction of sp³-hybridized carbons (Fsp3) is 0.0769. The Labute approximate surface area is 136 Å². The number of rotatable bonds is 4. The van der Waals surface area contributed by atoms with Gasteiger partial charge in [-0.1, -0.05) is 15.9 Å². The van der Waals surface area contributed by atoms with Crippen molar-refractivity contribution in [3.8, 4) is 0 Å². The van der Waals surface area contributed by atoms with Crippen LogP contribution in [0.5, 0.6) is 0 Å². The number of nitro groups is 1. The molecule has 104 valence electrons. The number of non-ortho nitro benzene ring substituents is 1. The number of hydrogen-bond donors (Lipinski definition) is 1. The van der Waals surface area contributed by atoms with E-state index in [4.69, 9.17) is 0 Å². The van der Waals surface area contributed by atoms with Crippen LogP contribution in [-0.2, 0) is 6.54 Å². The van der Waals surface area contributed by atoms with Gasteiger partial charge < -0.3 is 5.32 Å². The number of anilines is 1. The molecular weight excluding hydrogens is 442 g/mol. The van der Waals surface area contributed by atoms with E-state index >= 15 is 0 Å². The van der Waals surface area contributed by atoms with Gasteiger partial charge in [-0.05, 0) is 46.9 Å². The van der Waals surface area contributed by atoms with Crippen LogP contribution in [-0.4, -0.2) is 4.92 Å². The highest BCUT2D eigenvalue weighted by atomic mass is 127. The third kappa shape index (κ3) is 3.66. The van der Waals surface area contributed by atoms with Crippen molar-refractivity contribution in [2.75, 3.05) is 5.32 Å². The summed E-state index contributed by atoms with van der Waals surface area (Å²) in [4.78, 5) is 10.2. The number of hydrogen-bond acceptors (Lipinski definition) is 3. The predicted octanol–water partition coefficient (Wildman–Crippen LogP) is 4.71. The summed E-state index contributed by atoms with van der Waals surface area (Å²) in [6.07, 6.45) is 0. The lowest BCUT2D eigenvalue weighted by atomic mass is 10.2. The summed E-state index contributed by atoms with van der Waals surface area (Å²) in [5.74, 6) is -0.294. The third-order valence-electron chi connectivity index (χ3n) is 2.64. The Morgan fingerprint density at radius 1 is 1.30 bits per heavy atom. The number of nitrogens with one attached hydrogen (secondary N) is 1. The lowest BCUT2D eigenvalue weighted by molar-refractivity contribution is -0.384. The van der Waals surface area contributed by atoms with Gasteiger partial charge in [0.1, 0.15) is 5.82 Å². The van der Waals surface area contributed by atoms with Crippen molar-refractivity contribution in [2.45, 2.75) is 6.54 Å². The number of nitro benzene ring substituents is 1. The van der Waals surface area contributed by atoms with E-state index in [0.29, 0.717) is 15.7 Å². The summed E-state index contributed by atoms with van der Waals surface area (Å²) in [5.41, 5.74) is 1.29. The Balaban J connectivity index is 2.15. The minimum absolute atomic E-state index is 0.0357. The van der Waals surface area contributed by atoms with E-state index in [-0.39, 0.29) is 11.5 Å². The maximum atomic E-state index is 13.6. The first-order valence-corrected chi connectivity index (χ1v) is 7.46. The molecular formula is C13H9BrFIN2O2. The van der Waals surface area contributed by atoms with Crippen LogP contribution in [0.15, 0.2) is 40.9 Å². The van der Waals surface area contributed by atoms with Crippen molar-refractivity contribution >= 4 is 49.9 Å². The van der Waals surface area contributed by atoms with Crippen molar-refractivity contribution < 1.29 is 9.31 Å². The van der Waals surface area contributed by atoms with E-state index in [2.05, 4.69) is 21.2 Å². The second-order valence-corrected chi connectivity index (χ2v) is 6.09. The average Bonchev–Trinajstić information content (AvgIpc) is 2.40. The Morgan fingerprint density at radius 3 is 2.70 bits per heavy atom. The van der Waals surface area contributed by atoms with E-state index in [1.165, 1.54) is 18.2 Å². The minimum Gasteiger partial charge on any atom is -0.380 e. The van der Waals surface area contributed by atoms with E-state index in [0.717, 1.165) is 10.2 Å². The van der Waals surface area contributed by atoms with Crippen LogP contribution in [0.1, 0.15) is 5.56 Å². The van der Waals surface area contributed by atoms with Crippen LogP contribution in [0, 0.1) is 19.5 Å². The zero-order valence-electron chi connectivity index (χ0n) is 10.1. The first kappa shape index (κ1) is 15.2. The van der Waals surface area contributed by atoms with Gasteiger partial charge in [-0.25, -0.2) is 4.39 Å². The molecule has 2 rings (SSSR count). The highest BCUT2D eigenvalue weighted by Crippen LogP contribution is 2.25. The molecule has 2 aromatic rings. The smallest absolute Gasteiger partial charge is 0.270 e. The van der Waals surface area contributed by atoms with Crippen molar-refractivity contribution in [1.82, 2.24) is 0 Å². The first-order valence-electron chi connectivity index (χ1n) is 5.59. The maximum Gasteiger partial charge on any atom is 0.270 e. The molecule has 0 atom stereocenters. The van der Waals surface area contributed by atoms with Crippen LogP contribution >= 0.6 is 38.5 Å². The maximum absolute atomic E-state index is 13.6. The van der Waals surface area contributed by atoms with Crippen molar-refractivity contribution in [2.24, 2.45) is 0 Å². The van der Waals surface area contributed by atoms with Crippen LogP contribution in [0.25, 0.3) is 0 Å². The van der Waals surface area contributed by atoms with Gasteiger partial charge in [0.2, 0.25) is 0 Å². The van der Waals surface area contributed by atoms with Gasteiger partial charge in [-0.3, -0.25) is 10.1 Å². The molecule has 0 saturated carbocycles. The molecule has 0 unspecified atom stereocenters. The monoisotopic (exact) mass is 450 g/mol. The van der Waals surface area contributed by atoms with Crippen molar-refractivity contribution in [1.29, 1.82) is 0 Å². The molecule has 20 heavy (non-hydrogen) atoms. The van der Waals surface area contributed by atoms with E-state index in [1.807, 2.05) is 22.6 Å². The quantitative estimate of drug-likeness (QED) is 0.417. The Bertz CT molecular complexity index is 667. The fourth-order valence-electron chi connectivity index (χ4n) is 1.63. The SMILES string of the molecule is O=[N+]([O-])c1ccc(NCc2cc(Br)ccc2F)c(I)c1. The number of halogens is 3. The van der Waals surface area contributed by atoms with Gasteiger partial charge in [-0.15, -0.1) is 0 Å². The summed E-state index contributed by atoms with van der Waals surface area (Å²) in [7, 11) is 0. The Kier molecular flexibility index (Phi) is 4.92. The predicted molar refractivity (Wildman–Crippen MR) is 87.2 cm³/mol. The normalized spacial score (nSPS) is 10.3. The van der Waals surface area contributed by atoms with Crippen LogP contribution < -0.4 is 5.32 Å². The molecule has 4 nitrogen and oxygen atoms in total. The van der Waals surface area contributed by atoms with Gasteiger partial charge in [0, 0.05) is 38.0 Å². The molecule has 0 spiro atoms. The molecule has 0 aliphatic carbocycles. The second kappa shape index (κ2) is 6.49. The number of nitrogens with zero attached hydrogens (tertiary/aromatic N) is 1. The lowest BCUT2D eigenvalue weighted by Gasteiger charge is -2.09. The lowest BCUT2D eigenvalue weighted by Crippen LogP contribution is -2.03. The van der Waals surface area contributed by atoms with Gasteiger partial charge in [0.05, 0.1) is 4.92 Å². The van der Waals surface area contributed by atoms with Crippen LogP contribution in [0.3, 0.4) is 0 Å². The Morgan fingerprint density at radius 2 is 2.05 bits per heavy atom. The van der Waals surface area contributed by atoms with Crippen LogP contribution in [0.4, 0.5) is 15.8 Å². The molecule has 0 aliphatic heterocycles. The zero-order chi connectivity index (χ0) is 14.7. The standard InChI is InChI=1S/C13H9BrFIN2O2/c14-9-1-3-11(15)8(5-9)7-17-13-4-2-10(18(19)20)6-12(13)16/h1-6,17H,7H2. The highest BCUT2D eigenvalue weighted by molar-refractivity contribution is 14.1. The summed E-state index contributed by atoms with van der Waals surface area (Å²) in [6, 6.07) is 9.23. The van der Waals surface area contributed by atoms with Crippen molar-refractivity contribution in [3.63, 3.8) is 0 Å². The van der Waals surface area contributed by atoms with Gasteiger partial charge in [0.15, 0.2) is 0 Å². The number of benzene rings is 2. The zero-order valence-corrected chi connectivity index (χ0v) is 13.8. The molecule has 0 radical (unpaired) electrons. The van der Waals surface area contributed by atoms with E-state index < -0.39 is 4.92 Å². The molecule has 7 heteroatoms. The molecule has 0 aromatic heterocycles. The molecule has 0 aliphatic rings. The fourth-order valence-corrected chi connectivity index (χ4v) is 2.73. The largest absolute Gasteiger partial charge is 0.380 e. The minimum atomic E-state index is -0.445. The molecule has 0 amide bonds. The third-order valence-corrected chi connectivity index (χ3v) is 4.03. The van der Waals surface area contributed by atoms with Gasteiger partial charge in [0.25, 0.3) is 5.69 Å². The van der Waals surface area contributed by atoms with Crippen LogP contribution in [0.2, 0.25) is 0 Å².